The third-order valence-corrected chi connectivity index (χ3v) is 3.45. The quantitative estimate of drug-likeness (QED) is 0.928. The molecule has 0 aromatic heterocycles. The zero-order valence-corrected chi connectivity index (χ0v) is 12.0. The number of rotatable bonds is 3. The van der Waals surface area contributed by atoms with Crippen LogP contribution in [0.1, 0.15) is 12.8 Å². The van der Waals surface area contributed by atoms with Crippen LogP contribution in [0.15, 0.2) is 22.7 Å². The van der Waals surface area contributed by atoms with Crippen LogP contribution in [0, 0.1) is 0 Å². The van der Waals surface area contributed by atoms with E-state index in [1.807, 2.05) is 0 Å². The molecule has 3 nitrogen and oxygen atoms in total. The average molecular weight is 299 g/mol. The third kappa shape index (κ3) is 3.36. The second-order valence-corrected chi connectivity index (χ2v) is 5.53. The first kappa shape index (κ1) is 12.7. The molecule has 94 valence electrons. The maximum absolute atomic E-state index is 5.50. The Balaban J connectivity index is 2.14. The van der Waals surface area contributed by atoms with Crippen molar-refractivity contribution in [3.63, 3.8) is 0 Å². The van der Waals surface area contributed by atoms with Gasteiger partial charge in [0.25, 0.3) is 0 Å². The van der Waals surface area contributed by atoms with Gasteiger partial charge in [-0.1, -0.05) is 15.9 Å². The van der Waals surface area contributed by atoms with Gasteiger partial charge in [-0.25, -0.2) is 0 Å². The average Bonchev–Trinajstić information content (AvgIpc) is 2.30. The van der Waals surface area contributed by atoms with Crippen molar-refractivity contribution < 1.29 is 4.74 Å². The smallest absolute Gasteiger partial charge is 0.0667 e. The van der Waals surface area contributed by atoms with Crippen molar-refractivity contribution in [2.24, 2.45) is 0 Å². The molecule has 1 aromatic rings. The van der Waals surface area contributed by atoms with E-state index in [-0.39, 0.29) is 0 Å². The maximum Gasteiger partial charge on any atom is 0.0667 e. The first-order valence-electron chi connectivity index (χ1n) is 5.98. The summed E-state index contributed by atoms with van der Waals surface area (Å²) in [6, 6.07) is 6.74. The molecular formula is C13H19BrN2O. The Kier molecular flexibility index (Phi) is 4.29. The van der Waals surface area contributed by atoms with Gasteiger partial charge in [-0.05, 0) is 31.0 Å². The number of halogens is 1. The zero-order chi connectivity index (χ0) is 12.3. The summed E-state index contributed by atoms with van der Waals surface area (Å²) < 4.78 is 6.60. The van der Waals surface area contributed by atoms with Crippen molar-refractivity contribution in [3.8, 4) is 0 Å². The number of hydrogen-bond acceptors (Lipinski definition) is 3. The van der Waals surface area contributed by atoms with Crippen LogP contribution in [-0.4, -0.2) is 33.4 Å². The molecule has 0 spiro atoms. The number of nitrogens with zero attached hydrogens (tertiary/aromatic N) is 1. The molecule has 0 saturated carbocycles. The molecule has 1 unspecified atom stereocenters. The van der Waals surface area contributed by atoms with Gasteiger partial charge in [-0.15, -0.1) is 0 Å². The number of anilines is 2. The lowest BCUT2D eigenvalue weighted by molar-refractivity contribution is 0.0876. The second-order valence-electron chi connectivity index (χ2n) is 4.61. The maximum atomic E-state index is 5.50. The Morgan fingerprint density at radius 3 is 2.88 bits per heavy atom. The molecule has 17 heavy (non-hydrogen) atoms. The van der Waals surface area contributed by atoms with Gasteiger partial charge in [0, 0.05) is 31.2 Å². The highest BCUT2D eigenvalue weighted by atomic mass is 79.9. The van der Waals surface area contributed by atoms with Crippen LogP contribution >= 0.6 is 15.9 Å². The summed E-state index contributed by atoms with van der Waals surface area (Å²) in [5.41, 5.74) is 2.37. The lowest BCUT2D eigenvalue weighted by Gasteiger charge is -2.27. The summed E-state index contributed by atoms with van der Waals surface area (Å²) >= 11 is 3.52. The fourth-order valence-electron chi connectivity index (χ4n) is 2.09. The van der Waals surface area contributed by atoms with Crippen LogP contribution in [0.3, 0.4) is 0 Å². The van der Waals surface area contributed by atoms with E-state index in [1.54, 1.807) is 0 Å². The van der Waals surface area contributed by atoms with Crippen molar-refractivity contribution in [3.05, 3.63) is 22.7 Å². The first-order valence-corrected chi connectivity index (χ1v) is 6.77. The largest absolute Gasteiger partial charge is 0.379 e. The third-order valence-electron chi connectivity index (χ3n) is 2.96. The van der Waals surface area contributed by atoms with Crippen LogP contribution in [0.4, 0.5) is 11.4 Å². The normalized spacial score (nSPS) is 20.1. The van der Waals surface area contributed by atoms with Crippen molar-refractivity contribution >= 4 is 27.3 Å². The van der Waals surface area contributed by atoms with Crippen LogP contribution in [-0.2, 0) is 4.74 Å². The van der Waals surface area contributed by atoms with Crippen LogP contribution < -0.4 is 10.2 Å². The summed E-state index contributed by atoms with van der Waals surface area (Å²) in [5, 5.41) is 3.57. The molecule has 1 aliphatic rings. The standard InChI is InChI=1S/C13H19BrN2O/c1-16(2)13-6-5-10(14)8-12(13)15-11-4-3-7-17-9-11/h5-6,8,11,15H,3-4,7,9H2,1-2H3. The van der Waals surface area contributed by atoms with Gasteiger partial charge < -0.3 is 15.0 Å². The highest BCUT2D eigenvalue weighted by Gasteiger charge is 2.15. The molecule has 4 heteroatoms. The Morgan fingerprint density at radius 1 is 1.41 bits per heavy atom. The predicted molar refractivity (Wildman–Crippen MR) is 75.9 cm³/mol. The number of nitrogens with one attached hydrogen (secondary N) is 1. The van der Waals surface area contributed by atoms with Gasteiger partial charge in [0.1, 0.15) is 0 Å². The zero-order valence-electron chi connectivity index (χ0n) is 10.4. The van der Waals surface area contributed by atoms with Gasteiger partial charge in [-0.3, -0.25) is 0 Å². The Bertz CT molecular complexity index is 376. The highest BCUT2D eigenvalue weighted by molar-refractivity contribution is 9.10. The molecule has 1 fully saturated rings. The molecule has 2 rings (SSSR count). The fraction of sp³-hybridized carbons (Fsp3) is 0.538. The van der Waals surface area contributed by atoms with E-state index in [0.717, 1.165) is 24.1 Å². The molecule has 1 atom stereocenters. The van der Waals surface area contributed by atoms with E-state index in [0.29, 0.717) is 6.04 Å². The lowest BCUT2D eigenvalue weighted by atomic mass is 10.1. The molecule has 1 heterocycles. The van der Waals surface area contributed by atoms with Crippen molar-refractivity contribution in [2.75, 3.05) is 37.5 Å². The summed E-state index contributed by atoms with van der Waals surface area (Å²) in [7, 11) is 4.12. The molecule has 0 bridgehead atoms. The van der Waals surface area contributed by atoms with E-state index in [9.17, 15) is 0 Å². The molecular weight excluding hydrogens is 280 g/mol. The van der Waals surface area contributed by atoms with E-state index in [1.165, 1.54) is 17.8 Å². The summed E-state index contributed by atoms with van der Waals surface area (Å²) in [4.78, 5) is 2.12. The molecule has 0 radical (unpaired) electrons. The molecule has 0 amide bonds. The Morgan fingerprint density at radius 2 is 2.24 bits per heavy atom. The minimum atomic E-state index is 0.428. The number of ether oxygens (including phenoxy) is 1. The van der Waals surface area contributed by atoms with Crippen molar-refractivity contribution in [1.82, 2.24) is 0 Å². The minimum Gasteiger partial charge on any atom is -0.379 e. The highest BCUT2D eigenvalue weighted by Crippen LogP contribution is 2.29. The van der Waals surface area contributed by atoms with E-state index in [2.05, 4.69) is 58.4 Å². The first-order chi connectivity index (χ1) is 8.16. The minimum absolute atomic E-state index is 0.428. The molecule has 0 aliphatic carbocycles. The van der Waals surface area contributed by atoms with E-state index < -0.39 is 0 Å². The van der Waals surface area contributed by atoms with Gasteiger partial charge in [-0.2, -0.15) is 0 Å². The topological polar surface area (TPSA) is 24.5 Å². The van der Waals surface area contributed by atoms with Crippen LogP contribution in [0.25, 0.3) is 0 Å². The number of benzene rings is 1. The predicted octanol–water partition coefficient (Wildman–Crippen LogP) is 3.11. The fourth-order valence-corrected chi connectivity index (χ4v) is 2.45. The van der Waals surface area contributed by atoms with Gasteiger partial charge in [0.05, 0.1) is 18.0 Å². The monoisotopic (exact) mass is 298 g/mol. The molecule has 1 saturated heterocycles. The Labute approximate surface area is 111 Å². The van der Waals surface area contributed by atoms with Gasteiger partial charge in [0.2, 0.25) is 0 Å². The number of hydrogen-bond donors (Lipinski definition) is 1. The Hall–Kier alpha value is -0.740. The molecule has 1 aromatic carbocycles. The van der Waals surface area contributed by atoms with Crippen molar-refractivity contribution in [1.29, 1.82) is 0 Å². The SMILES string of the molecule is CN(C)c1ccc(Br)cc1NC1CCCOC1. The summed E-state index contributed by atoms with van der Waals surface area (Å²) in [6.45, 7) is 1.70. The molecule has 1 N–H and O–H groups in total. The molecule has 1 aliphatic heterocycles. The van der Waals surface area contributed by atoms with Crippen molar-refractivity contribution in [2.45, 2.75) is 18.9 Å². The van der Waals surface area contributed by atoms with E-state index in [4.69, 9.17) is 4.74 Å². The van der Waals surface area contributed by atoms with Gasteiger partial charge >= 0.3 is 0 Å². The van der Waals surface area contributed by atoms with Crippen LogP contribution in [0.5, 0.6) is 0 Å². The lowest BCUT2D eigenvalue weighted by Crippen LogP contribution is -2.30. The summed E-state index contributed by atoms with van der Waals surface area (Å²) in [5.74, 6) is 0. The second kappa shape index (κ2) is 5.74. The van der Waals surface area contributed by atoms with Gasteiger partial charge in [0.15, 0.2) is 0 Å². The summed E-state index contributed by atoms with van der Waals surface area (Å²) in [6.07, 6.45) is 2.32. The van der Waals surface area contributed by atoms with E-state index >= 15 is 0 Å². The van der Waals surface area contributed by atoms with Crippen LogP contribution in [0.2, 0.25) is 0 Å².